The van der Waals surface area contributed by atoms with Gasteiger partial charge in [0.15, 0.2) is 0 Å². The predicted octanol–water partition coefficient (Wildman–Crippen LogP) is 3.22. The molecule has 1 aromatic rings. The lowest BCUT2D eigenvalue weighted by Crippen LogP contribution is -2.13. The predicted molar refractivity (Wildman–Crippen MR) is 86.1 cm³/mol. The molecule has 0 unspecified atom stereocenters. The summed E-state index contributed by atoms with van der Waals surface area (Å²) in [5, 5.41) is 3.27. The zero-order chi connectivity index (χ0) is 15.7. The highest BCUT2D eigenvalue weighted by atomic mass is 16.5. The van der Waals surface area contributed by atoms with Crippen molar-refractivity contribution in [1.82, 2.24) is 9.97 Å². The molecular weight excluding hydrogens is 266 g/mol. The quantitative estimate of drug-likeness (QED) is 0.672. The van der Waals surface area contributed by atoms with E-state index in [9.17, 15) is 0 Å². The van der Waals surface area contributed by atoms with Gasteiger partial charge in [-0.15, -0.1) is 0 Å². The summed E-state index contributed by atoms with van der Waals surface area (Å²) < 4.78 is 11.3. The van der Waals surface area contributed by atoms with Gasteiger partial charge in [-0.25, -0.2) is 4.98 Å². The van der Waals surface area contributed by atoms with Crippen LogP contribution in [0.15, 0.2) is 0 Å². The molecule has 0 saturated heterocycles. The minimum atomic E-state index is 0.516. The lowest BCUT2D eigenvalue weighted by molar-refractivity contribution is 0.0803. The van der Waals surface area contributed by atoms with Crippen molar-refractivity contribution in [2.45, 2.75) is 47.5 Å². The summed E-state index contributed by atoms with van der Waals surface area (Å²) in [6.45, 7) is 13.1. The fourth-order valence-corrected chi connectivity index (χ4v) is 1.87. The van der Waals surface area contributed by atoms with Crippen LogP contribution in [-0.4, -0.2) is 36.3 Å². The summed E-state index contributed by atoms with van der Waals surface area (Å²) in [5.74, 6) is 2.91. The highest BCUT2D eigenvalue weighted by Crippen LogP contribution is 2.22. The van der Waals surface area contributed by atoms with Gasteiger partial charge in [0.25, 0.3) is 0 Å². The van der Waals surface area contributed by atoms with Crippen molar-refractivity contribution in [3.63, 3.8) is 0 Å². The highest BCUT2D eigenvalue weighted by molar-refractivity contribution is 5.48. The van der Waals surface area contributed by atoms with Crippen molar-refractivity contribution in [2.24, 2.45) is 5.92 Å². The number of nitrogens with one attached hydrogen (secondary N) is 1. The van der Waals surface area contributed by atoms with Gasteiger partial charge in [-0.05, 0) is 26.2 Å². The van der Waals surface area contributed by atoms with E-state index in [0.717, 1.165) is 43.2 Å². The van der Waals surface area contributed by atoms with Crippen LogP contribution in [0.25, 0.3) is 0 Å². The maximum Gasteiger partial charge on any atom is 0.221 e. The zero-order valence-corrected chi connectivity index (χ0v) is 14.0. The van der Waals surface area contributed by atoms with E-state index in [2.05, 4.69) is 43.0 Å². The molecule has 0 saturated carbocycles. The van der Waals surface area contributed by atoms with Gasteiger partial charge in [0.1, 0.15) is 18.2 Å². The van der Waals surface area contributed by atoms with Crippen LogP contribution in [0.2, 0.25) is 0 Å². The molecule has 120 valence electrons. The Bertz CT molecular complexity index is 422. The van der Waals surface area contributed by atoms with Crippen molar-refractivity contribution in [1.29, 1.82) is 0 Å². The number of aryl methyl sites for hydroxylation is 1. The van der Waals surface area contributed by atoms with Gasteiger partial charge in [-0.2, -0.15) is 4.98 Å². The smallest absolute Gasteiger partial charge is 0.221 e. The fraction of sp³-hybridized carbons (Fsp3) is 0.750. The van der Waals surface area contributed by atoms with E-state index >= 15 is 0 Å². The Morgan fingerprint density at radius 2 is 1.90 bits per heavy atom. The number of ether oxygens (including phenoxy) is 2. The Balaban J connectivity index is 2.65. The van der Waals surface area contributed by atoms with Gasteiger partial charge in [0.2, 0.25) is 5.88 Å². The van der Waals surface area contributed by atoms with Gasteiger partial charge >= 0.3 is 0 Å². The Kier molecular flexibility index (Phi) is 8.05. The Morgan fingerprint density at radius 1 is 1.14 bits per heavy atom. The Morgan fingerprint density at radius 3 is 2.52 bits per heavy atom. The largest absolute Gasteiger partial charge is 0.475 e. The molecule has 1 rings (SSSR count). The third-order valence-corrected chi connectivity index (χ3v) is 2.88. The molecule has 0 atom stereocenters. The molecule has 0 aliphatic rings. The standard InChI is InChI=1S/C16H29N3O2/c1-6-8-14-18-15(17-7-2)13(5)16(19-14)21-10-9-20-11-12(3)4/h12H,6-11H2,1-5H3,(H,17,18,19). The normalized spacial score (nSPS) is 11.0. The number of anilines is 1. The first-order valence-electron chi connectivity index (χ1n) is 7.90. The van der Waals surface area contributed by atoms with Crippen LogP contribution in [0.5, 0.6) is 5.88 Å². The first-order chi connectivity index (χ1) is 10.1. The summed E-state index contributed by atoms with van der Waals surface area (Å²) in [5.41, 5.74) is 0.959. The van der Waals surface area contributed by atoms with E-state index in [1.165, 1.54) is 0 Å². The minimum absolute atomic E-state index is 0.516. The maximum absolute atomic E-state index is 5.78. The third kappa shape index (κ3) is 6.29. The summed E-state index contributed by atoms with van der Waals surface area (Å²) >= 11 is 0. The SMILES string of the molecule is CCCc1nc(NCC)c(C)c(OCCOCC(C)C)n1. The average molecular weight is 295 g/mol. The van der Waals surface area contributed by atoms with E-state index in [1.54, 1.807) is 0 Å². The van der Waals surface area contributed by atoms with Crippen molar-refractivity contribution >= 4 is 5.82 Å². The highest BCUT2D eigenvalue weighted by Gasteiger charge is 2.11. The van der Waals surface area contributed by atoms with E-state index < -0.39 is 0 Å². The molecule has 1 aromatic heterocycles. The molecule has 0 spiro atoms. The Labute approximate surface area is 128 Å². The average Bonchev–Trinajstić information content (AvgIpc) is 2.43. The molecular formula is C16H29N3O2. The molecule has 0 bridgehead atoms. The first-order valence-corrected chi connectivity index (χ1v) is 7.90. The second kappa shape index (κ2) is 9.55. The molecule has 0 amide bonds. The Hall–Kier alpha value is -1.36. The summed E-state index contributed by atoms with van der Waals surface area (Å²) in [4.78, 5) is 9.06. The number of hydrogen-bond acceptors (Lipinski definition) is 5. The van der Waals surface area contributed by atoms with Crippen molar-refractivity contribution in [3.8, 4) is 5.88 Å². The van der Waals surface area contributed by atoms with Crippen LogP contribution in [0.1, 0.15) is 45.5 Å². The lowest BCUT2D eigenvalue weighted by atomic mass is 10.2. The monoisotopic (exact) mass is 295 g/mol. The topological polar surface area (TPSA) is 56.3 Å². The summed E-state index contributed by atoms with van der Waals surface area (Å²) in [7, 11) is 0. The van der Waals surface area contributed by atoms with Gasteiger partial charge in [0.05, 0.1) is 12.2 Å². The van der Waals surface area contributed by atoms with E-state index in [0.29, 0.717) is 25.0 Å². The third-order valence-electron chi connectivity index (χ3n) is 2.88. The van der Waals surface area contributed by atoms with Crippen LogP contribution >= 0.6 is 0 Å². The van der Waals surface area contributed by atoms with Crippen LogP contribution in [0.3, 0.4) is 0 Å². The van der Waals surface area contributed by atoms with Crippen molar-refractivity contribution in [3.05, 3.63) is 11.4 Å². The lowest BCUT2D eigenvalue weighted by Gasteiger charge is -2.14. The molecule has 5 nitrogen and oxygen atoms in total. The van der Waals surface area contributed by atoms with Crippen molar-refractivity contribution in [2.75, 3.05) is 31.7 Å². The van der Waals surface area contributed by atoms with Gasteiger partial charge in [0, 0.05) is 19.6 Å². The molecule has 1 heterocycles. The molecule has 0 aliphatic carbocycles. The molecule has 0 aliphatic heterocycles. The van der Waals surface area contributed by atoms with Crippen LogP contribution < -0.4 is 10.1 Å². The van der Waals surface area contributed by atoms with Crippen LogP contribution in [0.4, 0.5) is 5.82 Å². The van der Waals surface area contributed by atoms with E-state index in [4.69, 9.17) is 9.47 Å². The van der Waals surface area contributed by atoms with E-state index in [-0.39, 0.29) is 0 Å². The number of nitrogens with zero attached hydrogens (tertiary/aromatic N) is 2. The number of aromatic nitrogens is 2. The van der Waals surface area contributed by atoms with Crippen LogP contribution in [-0.2, 0) is 11.2 Å². The van der Waals surface area contributed by atoms with E-state index in [1.807, 2.05) is 6.92 Å². The van der Waals surface area contributed by atoms with Crippen LogP contribution in [0, 0.1) is 12.8 Å². The van der Waals surface area contributed by atoms with Gasteiger partial charge in [-0.1, -0.05) is 20.8 Å². The van der Waals surface area contributed by atoms with Gasteiger partial charge in [-0.3, -0.25) is 0 Å². The second-order valence-corrected chi connectivity index (χ2v) is 5.52. The number of hydrogen-bond donors (Lipinski definition) is 1. The van der Waals surface area contributed by atoms with Gasteiger partial charge < -0.3 is 14.8 Å². The van der Waals surface area contributed by atoms with Crippen molar-refractivity contribution < 1.29 is 9.47 Å². The molecule has 0 fully saturated rings. The summed E-state index contributed by atoms with van der Waals surface area (Å²) in [6, 6.07) is 0. The molecule has 0 radical (unpaired) electrons. The first kappa shape index (κ1) is 17.7. The molecule has 1 N–H and O–H groups in total. The number of rotatable bonds is 10. The fourth-order valence-electron chi connectivity index (χ4n) is 1.87. The second-order valence-electron chi connectivity index (χ2n) is 5.52. The maximum atomic E-state index is 5.78. The molecule has 5 heteroatoms. The summed E-state index contributed by atoms with van der Waals surface area (Å²) in [6.07, 6.45) is 1.88. The zero-order valence-electron chi connectivity index (χ0n) is 14.0. The minimum Gasteiger partial charge on any atom is -0.475 e. The molecule has 21 heavy (non-hydrogen) atoms. The molecule has 0 aromatic carbocycles.